The molecule has 0 spiro atoms. The van der Waals surface area contributed by atoms with E-state index in [-0.39, 0.29) is 31.4 Å². The monoisotopic (exact) mass is 500 g/mol. The van der Waals surface area contributed by atoms with Crippen molar-refractivity contribution >= 4 is 67.4 Å². The highest BCUT2D eigenvalue weighted by atomic mass is 79.9. The average Bonchev–Trinajstić information content (AvgIpc) is 2.53. The Morgan fingerprint density at radius 3 is 1.44 bits per heavy atom. The molecule has 2 rings (SSSR count). The summed E-state index contributed by atoms with van der Waals surface area (Å²) in [6.45, 7) is 0. The van der Waals surface area contributed by atoms with E-state index in [0.29, 0.717) is 0 Å². The highest BCUT2D eigenvalue weighted by molar-refractivity contribution is 9.10. The third-order valence-electron chi connectivity index (χ3n) is 3.10. The number of amides is 2. The molecule has 0 aliphatic carbocycles. The Bertz CT molecular complexity index is 871. The van der Waals surface area contributed by atoms with Gasteiger partial charge in [-0.15, -0.1) is 0 Å². The summed E-state index contributed by atoms with van der Waals surface area (Å²) in [7, 11) is 0. The molecular formula is C16H10Br2N2O7. The van der Waals surface area contributed by atoms with Crippen molar-refractivity contribution in [1.29, 1.82) is 0 Å². The molecule has 0 bridgehead atoms. The fraction of sp³-hybridized carbons (Fsp3) is 0. The molecule has 0 unspecified atom stereocenters. The van der Waals surface area contributed by atoms with Crippen LogP contribution in [-0.2, 0) is 4.74 Å². The fourth-order valence-corrected chi connectivity index (χ4v) is 3.14. The van der Waals surface area contributed by atoms with E-state index in [1.807, 2.05) is 10.6 Å². The number of carbonyl (C=O) groups is 4. The van der Waals surface area contributed by atoms with Crippen molar-refractivity contribution in [3.63, 3.8) is 0 Å². The topological polar surface area (TPSA) is 142 Å². The maximum atomic E-state index is 12.4. The number of esters is 2. The van der Waals surface area contributed by atoms with E-state index >= 15 is 0 Å². The van der Waals surface area contributed by atoms with E-state index in [4.69, 9.17) is 14.9 Å². The van der Waals surface area contributed by atoms with E-state index in [0.717, 1.165) is 0 Å². The predicted molar refractivity (Wildman–Crippen MR) is 101 cm³/mol. The molecule has 0 radical (unpaired) electrons. The van der Waals surface area contributed by atoms with Gasteiger partial charge in [-0.3, -0.25) is 10.6 Å². The summed E-state index contributed by atoms with van der Waals surface area (Å²) in [5.41, 5.74) is -0.613. The molecule has 27 heavy (non-hydrogen) atoms. The van der Waals surface area contributed by atoms with Gasteiger partial charge in [0.05, 0.1) is 22.5 Å². The largest absolute Gasteiger partial charge is 0.465 e. The Kier molecular flexibility index (Phi) is 6.53. The summed E-state index contributed by atoms with van der Waals surface area (Å²) in [6.07, 6.45) is -2.82. The Morgan fingerprint density at radius 2 is 1.11 bits per heavy atom. The Hall–Kier alpha value is -2.92. The smallest absolute Gasteiger partial charge is 0.409 e. The van der Waals surface area contributed by atoms with Crippen LogP contribution < -0.4 is 10.6 Å². The zero-order valence-corrected chi connectivity index (χ0v) is 16.3. The van der Waals surface area contributed by atoms with Crippen LogP contribution >= 0.6 is 31.9 Å². The summed E-state index contributed by atoms with van der Waals surface area (Å²) in [5.74, 6) is -2.26. The van der Waals surface area contributed by atoms with Gasteiger partial charge in [-0.25, -0.2) is 19.2 Å². The van der Waals surface area contributed by atoms with Gasteiger partial charge in [0, 0.05) is 8.95 Å². The zero-order chi connectivity index (χ0) is 20.1. The lowest BCUT2D eigenvalue weighted by Gasteiger charge is -2.12. The number of hydrogen-bond donors (Lipinski definition) is 4. The third-order valence-corrected chi connectivity index (χ3v) is 4.43. The van der Waals surface area contributed by atoms with Crippen LogP contribution in [0, 0.1) is 0 Å². The lowest BCUT2D eigenvalue weighted by atomic mass is 10.1. The van der Waals surface area contributed by atoms with Gasteiger partial charge in [0.25, 0.3) is 0 Å². The molecule has 0 saturated heterocycles. The number of benzene rings is 2. The lowest BCUT2D eigenvalue weighted by Crippen LogP contribution is -2.19. The molecule has 0 saturated carbocycles. The van der Waals surface area contributed by atoms with E-state index in [1.54, 1.807) is 0 Å². The van der Waals surface area contributed by atoms with Crippen LogP contribution in [0.3, 0.4) is 0 Å². The molecular weight excluding hydrogens is 492 g/mol. The molecule has 2 aromatic carbocycles. The number of hydrogen-bond acceptors (Lipinski definition) is 5. The van der Waals surface area contributed by atoms with Crippen molar-refractivity contribution in [2.45, 2.75) is 0 Å². The van der Waals surface area contributed by atoms with Crippen molar-refractivity contribution in [3.8, 4) is 0 Å². The maximum absolute atomic E-state index is 12.4. The van der Waals surface area contributed by atoms with Crippen molar-refractivity contribution in [1.82, 2.24) is 0 Å². The van der Waals surface area contributed by atoms with Crippen molar-refractivity contribution in [2.24, 2.45) is 0 Å². The summed E-state index contributed by atoms with van der Waals surface area (Å²) in [4.78, 5) is 46.6. The van der Waals surface area contributed by atoms with Crippen LogP contribution in [0.4, 0.5) is 21.0 Å². The average molecular weight is 502 g/mol. The van der Waals surface area contributed by atoms with Crippen LogP contribution in [0.25, 0.3) is 0 Å². The number of anilines is 2. The minimum atomic E-state index is -1.41. The SMILES string of the molecule is O=C(O)Nc1cccc(Br)c1C(=O)OC(=O)c1c(Br)cccc1NC(=O)O. The van der Waals surface area contributed by atoms with E-state index in [1.165, 1.54) is 36.4 Å². The first-order valence-corrected chi connectivity index (χ1v) is 8.62. The number of ether oxygens (including phenoxy) is 1. The number of carboxylic acid groups (broad SMARTS) is 2. The van der Waals surface area contributed by atoms with Gasteiger partial charge in [-0.1, -0.05) is 12.1 Å². The highest BCUT2D eigenvalue weighted by Crippen LogP contribution is 2.29. The van der Waals surface area contributed by atoms with Gasteiger partial charge < -0.3 is 14.9 Å². The molecule has 4 N–H and O–H groups in total. The van der Waals surface area contributed by atoms with E-state index in [9.17, 15) is 19.2 Å². The first-order chi connectivity index (χ1) is 12.7. The molecule has 9 nitrogen and oxygen atoms in total. The van der Waals surface area contributed by atoms with Crippen molar-refractivity contribution in [2.75, 3.05) is 10.6 Å². The molecule has 0 fully saturated rings. The zero-order valence-electron chi connectivity index (χ0n) is 13.2. The van der Waals surface area contributed by atoms with Gasteiger partial charge >= 0.3 is 24.1 Å². The maximum Gasteiger partial charge on any atom is 0.409 e. The normalized spacial score (nSPS) is 10.0. The van der Waals surface area contributed by atoms with Crippen LogP contribution in [0.1, 0.15) is 20.7 Å². The quantitative estimate of drug-likeness (QED) is 0.359. The first-order valence-electron chi connectivity index (χ1n) is 7.04. The van der Waals surface area contributed by atoms with Crippen LogP contribution in [0.5, 0.6) is 0 Å². The second-order valence-corrected chi connectivity index (χ2v) is 6.57. The molecule has 0 heterocycles. The number of nitrogens with one attached hydrogen (secondary N) is 2. The number of carbonyl (C=O) groups excluding carboxylic acids is 2. The summed E-state index contributed by atoms with van der Waals surface area (Å²) >= 11 is 6.20. The minimum Gasteiger partial charge on any atom is -0.465 e. The van der Waals surface area contributed by atoms with Crippen LogP contribution in [0.2, 0.25) is 0 Å². The molecule has 140 valence electrons. The number of halogens is 2. The second-order valence-electron chi connectivity index (χ2n) is 4.86. The predicted octanol–water partition coefficient (Wildman–Crippen LogP) is 4.39. The standard InChI is InChI=1S/C16H10Br2N2O7/c17-7-3-1-5-9(19-15(23)24)11(7)13(21)27-14(22)12-8(18)4-2-6-10(12)20-16(25)26/h1-6,19-20H,(H,23,24)(H,25,26). The molecule has 0 aliphatic heterocycles. The Balaban J connectivity index is 2.37. The minimum absolute atomic E-state index is 0.0920. The van der Waals surface area contributed by atoms with Gasteiger partial charge in [0.15, 0.2) is 0 Å². The van der Waals surface area contributed by atoms with Crippen molar-refractivity contribution in [3.05, 3.63) is 56.5 Å². The van der Waals surface area contributed by atoms with Gasteiger partial charge in [0.1, 0.15) is 0 Å². The second kappa shape index (κ2) is 8.64. The lowest BCUT2D eigenvalue weighted by molar-refractivity contribution is 0.0398. The summed E-state index contributed by atoms with van der Waals surface area (Å²) in [5, 5.41) is 21.8. The molecule has 2 aromatic rings. The third kappa shape index (κ3) is 5.05. The summed E-state index contributed by atoms with van der Waals surface area (Å²) in [6, 6.07) is 8.52. The number of rotatable bonds is 4. The van der Waals surface area contributed by atoms with Crippen LogP contribution in [-0.4, -0.2) is 34.3 Å². The Morgan fingerprint density at radius 1 is 0.741 bits per heavy atom. The van der Waals surface area contributed by atoms with Gasteiger partial charge in [-0.2, -0.15) is 0 Å². The van der Waals surface area contributed by atoms with Crippen LogP contribution in [0.15, 0.2) is 45.3 Å². The molecule has 0 aliphatic rings. The molecule has 0 atom stereocenters. The fourth-order valence-electron chi connectivity index (χ4n) is 2.09. The molecule has 2 amide bonds. The van der Waals surface area contributed by atoms with Crippen molar-refractivity contribution < 1.29 is 34.1 Å². The van der Waals surface area contributed by atoms with E-state index < -0.39 is 24.1 Å². The van der Waals surface area contributed by atoms with E-state index in [2.05, 4.69) is 31.9 Å². The van der Waals surface area contributed by atoms with Gasteiger partial charge in [-0.05, 0) is 56.1 Å². The van der Waals surface area contributed by atoms with Gasteiger partial charge in [0.2, 0.25) is 0 Å². The summed E-state index contributed by atoms with van der Waals surface area (Å²) < 4.78 is 5.22. The Labute approximate surface area is 168 Å². The molecule has 11 heteroatoms. The molecule has 0 aromatic heterocycles. The highest BCUT2D eigenvalue weighted by Gasteiger charge is 2.25. The first kappa shape index (κ1) is 20.4.